The van der Waals surface area contributed by atoms with E-state index in [1.807, 2.05) is 6.92 Å². The summed E-state index contributed by atoms with van der Waals surface area (Å²) in [6.45, 7) is 6.84. The highest BCUT2D eigenvalue weighted by molar-refractivity contribution is 5.81. The van der Waals surface area contributed by atoms with Crippen molar-refractivity contribution in [2.24, 2.45) is 0 Å². The number of carbonyl (C=O) groups is 1. The Morgan fingerprint density at radius 2 is 2.00 bits per heavy atom. The SMILES string of the molecule is CCC(CC)NC(=O)C(C)N(CCO)C1CC1. The van der Waals surface area contributed by atoms with E-state index in [9.17, 15) is 4.79 Å². The van der Waals surface area contributed by atoms with Crippen molar-refractivity contribution in [1.82, 2.24) is 10.2 Å². The van der Waals surface area contributed by atoms with Crippen LogP contribution in [0.2, 0.25) is 0 Å². The first-order valence-corrected chi connectivity index (χ1v) is 6.80. The summed E-state index contributed by atoms with van der Waals surface area (Å²) in [6.07, 6.45) is 4.25. The molecule has 17 heavy (non-hydrogen) atoms. The highest BCUT2D eigenvalue weighted by Gasteiger charge is 2.34. The molecule has 0 radical (unpaired) electrons. The van der Waals surface area contributed by atoms with Crippen LogP contribution in [0.4, 0.5) is 0 Å². The van der Waals surface area contributed by atoms with Gasteiger partial charge in [-0.1, -0.05) is 13.8 Å². The zero-order chi connectivity index (χ0) is 12.8. The average molecular weight is 242 g/mol. The Morgan fingerprint density at radius 3 is 2.41 bits per heavy atom. The fourth-order valence-electron chi connectivity index (χ4n) is 2.18. The Morgan fingerprint density at radius 1 is 1.41 bits per heavy atom. The molecule has 100 valence electrons. The fraction of sp³-hybridized carbons (Fsp3) is 0.923. The predicted molar refractivity (Wildman–Crippen MR) is 68.8 cm³/mol. The van der Waals surface area contributed by atoms with Crippen LogP contribution in [0.25, 0.3) is 0 Å². The summed E-state index contributed by atoms with van der Waals surface area (Å²) in [5, 5.41) is 12.1. The van der Waals surface area contributed by atoms with Crippen LogP contribution in [0.3, 0.4) is 0 Å². The van der Waals surface area contributed by atoms with Gasteiger partial charge in [-0.2, -0.15) is 0 Å². The molecule has 1 atom stereocenters. The Bertz CT molecular complexity index is 238. The molecule has 0 spiro atoms. The molecule has 0 bridgehead atoms. The minimum Gasteiger partial charge on any atom is -0.395 e. The van der Waals surface area contributed by atoms with E-state index >= 15 is 0 Å². The van der Waals surface area contributed by atoms with E-state index in [1.54, 1.807) is 0 Å². The third kappa shape index (κ3) is 4.28. The number of rotatable bonds is 8. The van der Waals surface area contributed by atoms with Crippen molar-refractivity contribution < 1.29 is 9.90 Å². The molecule has 0 aliphatic heterocycles. The largest absolute Gasteiger partial charge is 0.395 e. The molecular formula is C13H26N2O2. The highest BCUT2D eigenvalue weighted by atomic mass is 16.3. The number of amides is 1. The van der Waals surface area contributed by atoms with Crippen molar-refractivity contribution >= 4 is 5.91 Å². The van der Waals surface area contributed by atoms with E-state index in [0.29, 0.717) is 12.6 Å². The second-order valence-corrected chi connectivity index (χ2v) is 4.89. The number of carbonyl (C=O) groups excluding carboxylic acids is 1. The van der Waals surface area contributed by atoms with Crippen molar-refractivity contribution in [3.63, 3.8) is 0 Å². The van der Waals surface area contributed by atoms with E-state index in [2.05, 4.69) is 24.1 Å². The maximum absolute atomic E-state index is 12.1. The second kappa shape index (κ2) is 6.97. The van der Waals surface area contributed by atoms with Crippen LogP contribution < -0.4 is 5.32 Å². The van der Waals surface area contributed by atoms with Gasteiger partial charge >= 0.3 is 0 Å². The van der Waals surface area contributed by atoms with E-state index in [0.717, 1.165) is 25.7 Å². The summed E-state index contributed by atoms with van der Waals surface area (Å²) in [7, 11) is 0. The van der Waals surface area contributed by atoms with Gasteiger partial charge < -0.3 is 10.4 Å². The van der Waals surface area contributed by atoms with Gasteiger partial charge in [0.15, 0.2) is 0 Å². The lowest BCUT2D eigenvalue weighted by atomic mass is 10.1. The number of nitrogens with one attached hydrogen (secondary N) is 1. The molecule has 4 nitrogen and oxygen atoms in total. The van der Waals surface area contributed by atoms with Gasteiger partial charge in [0.2, 0.25) is 5.91 Å². The monoisotopic (exact) mass is 242 g/mol. The maximum Gasteiger partial charge on any atom is 0.237 e. The van der Waals surface area contributed by atoms with Crippen molar-refractivity contribution in [2.75, 3.05) is 13.2 Å². The Labute approximate surface area is 104 Å². The smallest absolute Gasteiger partial charge is 0.237 e. The van der Waals surface area contributed by atoms with Crippen LogP contribution in [0, 0.1) is 0 Å². The number of aliphatic hydroxyl groups is 1. The van der Waals surface area contributed by atoms with Gasteiger partial charge in [-0.25, -0.2) is 0 Å². The first-order chi connectivity index (χ1) is 8.13. The lowest BCUT2D eigenvalue weighted by Crippen LogP contribution is -2.49. The van der Waals surface area contributed by atoms with Gasteiger partial charge in [0, 0.05) is 18.6 Å². The van der Waals surface area contributed by atoms with Gasteiger partial charge in [-0.15, -0.1) is 0 Å². The van der Waals surface area contributed by atoms with E-state index in [-0.39, 0.29) is 24.6 Å². The third-order valence-corrected chi connectivity index (χ3v) is 3.58. The zero-order valence-electron chi connectivity index (χ0n) is 11.3. The van der Waals surface area contributed by atoms with E-state index in [4.69, 9.17) is 5.11 Å². The van der Waals surface area contributed by atoms with Crippen LogP contribution >= 0.6 is 0 Å². The predicted octanol–water partition coefficient (Wildman–Crippen LogP) is 1.14. The molecule has 4 heteroatoms. The number of aliphatic hydroxyl groups excluding tert-OH is 1. The molecule has 0 aromatic carbocycles. The number of hydrogen-bond acceptors (Lipinski definition) is 3. The highest BCUT2D eigenvalue weighted by Crippen LogP contribution is 2.28. The molecule has 2 N–H and O–H groups in total. The molecule has 1 rings (SSSR count). The Hall–Kier alpha value is -0.610. The van der Waals surface area contributed by atoms with Crippen molar-refractivity contribution in [3.05, 3.63) is 0 Å². The quantitative estimate of drug-likeness (QED) is 0.671. The summed E-state index contributed by atoms with van der Waals surface area (Å²) in [5.74, 6) is 0.0963. The van der Waals surface area contributed by atoms with Crippen LogP contribution in [0.1, 0.15) is 46.5 Å². The summed E-state index contributed by atoms with van der Waals surface area (Å²) in [6, 6.07) is 0.653. The molecule has 0 aromatic rings. The van der Waals surface area contributed by atoms with Crippen LogP contribution in [0.5, 0.6) is 0 Å². The Balaban J connectivity index is 2.47. The lowest BCUT2D eigenvalue weighted by Gasteiger charge is -2.29. The molecule has 0 heterocycles. The molecule has 1 fully saturated rings. The zero-order valence-corrected chi connectivity index (χ0v) is 11.3. The van der Waals surface area contributed by atoms with Crippen molar-refractivity contribution in [2.45, 2.75) is 64.6 Å². The van der Waals surface area contributed by atoms with Crippen LogP contribution in [-0.4, -0.2) is 47.2 Å². The molecular weight excluding hydrogens is 216 g/mol. The maximum atomic E-state index is 12.1. The number of hydrogen-bond donors (Lipinski definition) is 2. The van der Waals surface area contributed by atoms with Crippen LogP contribution in [0.15, 0.2) is 0 Å². The van der Waals surface area contributed by atoms with Crippen molar-refractivity contribution in [1.29, 1.82) is 0 Å². The topological polar surface area (TPSA) is 52.6 Å². The summed E-state index contributed by atoms with van der Waals surface area (Å²) >= 11 is 0. The molecule has 1 aliphatic rings. The first-order valence-electron chi connectivity index (χ1n) is 6.80. The molecule has 1 aliphatic carbocycles. The standard InChI is InChI=1S/C13H26N2O2/c1-4-11(5-2)14-13(17)10(3)15(8-9-16)12-6-7-12/h10-12,16H,4-9H2,1-3H3,(H,14,17). The minimum atomic E-state index is -0.129. The molecule has 0 aromatic heterocycles. The molecule has 1 saturated carbocycles. The van der Waals surface area contributed by atoms with Gasteiger partial charge in [-0.3, -0.25) is 9.69 Å². The normalized spacial score (nSPS) is 17.5. The molecule has 0 saturated heterocycles. The molecule has 1 amide bonds. The van der Waals surface area contributed by atoms with Crippen molar-refractivity contribution in [3.8, 4) is 0 Å². The van der Waals surface area contributed by atoms with Gasteiger partial charge in [0.1, 0.15) is 0 Å². The third-order valence-electron chi connectivity index (χ3n) is 3.58. The second-order valence-electron chi connectivity index (χ2n) is 4.89. The van der Waals surface area contributed by atoms with E-state index in [1.165, 1.54) is 0 Å². The van der Waals surface area contributed by atoms with Crippen LogP contribution in [-0.2, 0) is 4.79 Å². The lowest BCUT2D eigenvalue weighted by molar-refractivity contribution is -0.127. The van der Waals surface area contributed by atoms with Gasteiger partial charge in [-0.05, 0) is 32.6 Å². The fourth-order valence-corrected chi connectivity index (χ4v) is 2.18. The summed E-state index contributed by atoms with van der Waals surface area (Å²) < 4.78 is 0. The average Bonchev–Trinajstić information content (AvgIpc) is 3.15. The summed E-state index contributed by atoms with van der Waals surface area (Å²) in [4.78, 5) is 14.2. The molecule has 1 unspecified atom stereocenters. The van der Waals surface area contributed by atoms with Gasteiger partial charge in [0.05, 0.1) is 12.6 Å². The summed E-state index contributed by atoms with van der Waals surface area (Å²) in [5.41, 5.74) is 0. The Kier molecular flexibility index (Phi) is 5.92. The first kappa shape index (κ1) is 14.5. The minimum absolute atomic E-state index is 0.0963. The van der Waals surface area contributed by atoms with E-state index < -0.39 is 0 Å². The number of nitrogens with zero attached hydrogens (tertiary/aromatic N) is 1. The van der Waals surface area contributed by atoms with Gasteiger partial charge in [0.25, 0.3) is 0 Å².